The number of hydrogen-bond donors (Lipinski definition) is 2. The van der Waals surface area contributed by atoms with Crippen molar-refractivity contribution in [3.63, 3.8) is 0 Å². The molecule has 0 fully saturated rings. The minimum Gasteiger partial charge on any atom is -0.324 e. The second-order valence-corrected chi connectivity index (χ2v) is 9.79. The Morgan fingerprint density at radius 3 is 0.829 bits per heavy atom. The van der Waals surface area contributed by atoms with E-state index in [0.29, 0.717) is 45.9 Å². The van der Waals surface area contributed by atoms with Crippen LogP contribution in [-0.4, -0.2) is 39.9 Å². The van der Waals surface area contributed by atoms with Crippen LogP contribution in [0.15, 0.2) is 97.1 Å². The first-order valence-corrected chi connectivity index (χ1v) is 13.0. The summed E-state index contributed by atoms with van der Waals surface area (Å²) in [5, 5.41) is 3.82. The predicted molar refractivity (Wildman–Crippen MR) is 156 cm³/mol. The number of hydrogen-bond acceptors (Lipinski definition) is 6. The fraction of sp³-hybridized carbons (Fsp3) is 0. The molecule has 9 heteroatoms. The van der Waals surface area contributed by atoms with Gasteiger partial charge in [0.15, 0.2) is 23.3 Å². The van der Waals surface area contributed by atoms with Crippen LogP contribution in [0.25, 0.3) is 89.7 Å². The second kappa shape index (κ2) is 8.89. The van der Waals surface area contributed by atoms with E-state index in [1.54, 1.807) is 0 Å². The Hall–Kier alpha value is -5.24. The van der Waals surface area contributed by atoms with Gasteiger partial charge in [0, 0.05) is 60.9 Å². The van der Waals surface area contributed by atoms with Crippen LogP contribution in [0.5, 0.6) is 0 Å². The summed E-state index contributed by atoms with van der Waals surface area (Å²) < 4.78 is 0. The summed E-state index contributed by atoms with van der Waals surface area (Å²) >= 11 is 0. The van der Waals surface area contributed by atoms with Crippen molar-refractivity contribution in [1.82, 2.24) is 39.9 Å². The Bertz CT molecular complexity index is 2030. The summed E-state index contributed by atoms with van der Waals surface area (Å²) in [7, 11) is 0. The number of fused-ring (bicyclic) bond motifs is 20. The molecule has 9 rings (SSSR count). The van der Waals surface area contributed by atoms with E-state index >= 15 is 0 Å². The van der Waals surface area contributed by atoms with Crippen LogP contribution in [0.2, 0.25) is 0 Å². The molecule has 0 atom stereocenters. The van der Waals surface area contributed by atoms with Gasteiger partial charge < -0.3 is 9.97 Å². The molecule has 8 nitrogen and oxygen atoms in total. The summed E-state index contributed by atoms with van der Waals surface area (Å²) in [5.74, 6) is 2.39. The molecular weight excluding hydrogens is 552 g/mol. The van der Waals surface area contributed by atoms with Gasteiger partial charge in [0.1, 0.15) is 22.6 Å². The van der Waals surface area contributed by atoms with E-state index in [1.165, 1.54) is 0 Å². The van der Waals surface area contributed by atoms with Crippen molar-refractivity contribution in [2.45, 2.75) is 0 Å². The molecular formula is C32H18FeN8. The van der Waals surface area contributed by atoms with Crippen LogP contribution >= 0.6 is 0 Å². The number of H-pyrrole nitrogens is 2. The predicted octanol–water partition coefficient (Wildman–Crippen LogP) is 6.87. The van der Waals surface area contributed by atoms with Crippen LogP contribution in [0, 0.1) is 0 Å². The van der Waals surface area contributed by atoms with Gasteiger partial charge in [-0.25, -0.2) is 29.9 Å². The molecule has 2 aliphatic heterocycles. The number of rotatable bonds is 0. The molecule has 0 unspecified atom stereocenters. The van der Waals surface area contributed by atoms with Gasteiger partial charge in [0.05, 0.1) is 0 Å². The quantitative estimate of drug-likeness (QED) is 0.193. The summed E-state index contributed by atoms with van der Waals surface area (Å²) in [4.78, 5) is 36.8. The third-order valence-electron chi connectivity index (χ3n) is 7.46. The minimum atomic E-state index is 0. The molecule has 3 aromatic heterocycles. The van der Waals surface area contributed by atoms with E-state index in [0.717, 1.165) is 43.8 Å². The van der Waals surface area contributed by atoms with E-state index < -0.39 is 0 Å². The van der Waals surface area contributed by atoms with Crippen LogP contribution in [0.1, 0.15) is 0 Å². The van der Waals surface area contributed by atoms with Gasteiger partial charge in [-0.05, 0) is 0 Å². The first-order valence-electron chi connectivity index (χ1n) is 13.0. The second-order valence-electron chi connectivity index (χ2n) is 9.79. The van der Waals surface area contributed by atoms with Crippen LogP contribution in [0.4, 0.5) is 0 Å². The molecule has 5 heterocycles. The zero-order valence-electron chi connectivity index (χ0n) is 21.3. The van der Waals surface area contributed by atoms with Crippen molar-refractivity contribution < 1.29 is 17.1 Å². The first kappa shape index (κ1) is 23.6. The average molecular weight is 570 g/mol. The van der Waals surface area contributed by atoms with Crippen molar-refractivity contribution in [2.24, 2.45) is 0 Å². The van der Waals surface area contributed by atoms with Crippen molar-refractivity contribution in [2.75, 3.05) is 0 Å². The zero-order chi connectivity index (χ0) is 26.2. The molecule has 0 amide bonds. The molecule has 2 aliphatic rings. The Morgan fingerprint density at radius 1 is 0.317 bits per heavy atom. The van der Waals surface area contributed by atoms with Crippen molar-refractivity contribution in [3.05, 3.63) is 97.1 Å². The Kier molecular flexibility index (Phi) is 5.12. The topological polar surface area (TPSA) is 109 Å². The van der Waals surface area contributed by atoms with Gasteiger partial charge in [-0.15, -0.1) is 0 Å². The maximum absolute atomic E-state index is 5.02. The van der Waals surface area contributed by atoms with E-state index in [9.17, 15) is 0 Å². The van der Waals surface area contributed by atoms with E-state index in [-0.39, 0.29) is 17.1 Å². The fourth-order valence-corrected chi connectivity index (χ4v) is 5.59. The Morgan fingerprint density at radius 2 is 0.561 bits per heavy atom. The van der Waals surface area contributed by atoms with Gasteiger partial charge in [0.25, 0.3) is 0 Å². The minimum absolute atomic E-state index is 0. The molecule has 4 aromatic carbocycles. The van der Waals surface area contributed by atoms with Crippen LogP contribution < -0.4 is 0 Å². The Labute approximate surface area is 243 Å². The fourth-order valence-electron chi connectivity index (χ4n) is 5.59. The molecule has 2 N–H and O–H groups in total. The van der Waals surface area contributed by atoms with E-state index in [4.69, 9.17) is 29.9 Å². The maximum atomic E-state index is 5.02. The molecule has 194 valence electrons. The smallest absolute Gasteiger partial charge is 0.164 e. The van der Waals surface area contributed by atoms with E-state index in [1.807, 2.05) is 97.1 Å². The molecule has 8 bridgehead atoms. The van der Waals surface area contributed by atoms with Crippen molar-refractivity contribution >= 4 is 44.1 Å². The number of benzene rings is 4. The number of aromatic nitrogens is 8. The Balaban J connectivity index is 0.00000256. The third kappa shape index (κ3) is 3.53. The van der Waals surface area contributed by atoms with Crippen molar-refractivity contribution in [1.29, 1.82) is 0 Å². The van der Waals surface area contributed by atoms with Gasteiger partial charge in [-0.2, -0.15) is 0 Å². The van der Waals surface area contributed by atoms with Gasteiger partial charge in [0.2, 0.25) is 0 Å². The van der Waals surface area contributed by atoms with E-state index in [2.05, 4.69) is 9.97 Å². The molecule has 7 aromatic rings. The summed E-state index contributed by atoms with van der Waals surface area (Å²) in [6.07, 6.45) is 0. The zero-order valence-corrected chi connectivity index (χ0v) is 22.4. The number of nitrogens with zero attached hydrogens (tertiary/aromatic N) is 6. The van der Waals surface area contributed by atoms with Gasteiger partial charge in [-0.1, -0.05) is 97.1 Å². The number of nitrogens with one attached hydrogen (secondary N) is 2. The molecule has 0 saturated heterocycles. The summed E-state index contributed by atoms with van der Waals surface area (Å²) in [5.41, 5.74) is 6.45. The molecule has 0 radical (unpaired) electrons. The standard InChI is InChI=1S/C32H18N8.Fe/c1-2-10-18-17(9-1)25-33-26(18)38-28-21-13-5-6-14-22(21)30(35-28)40-32-24-16-8-7-15-23(24)31(36-32)39-29-20-12-4-3-11-19(20)27(34-29)37-25;/h1-16H,(H2,33,34,35,36,37,38,39,40);. The SMILES string of the molecule is [Fe].c1ccc2c(c1)-c1nc-2nc2[nH]c(nc3nc(nc4[nH]c(n1)c1ccccc41)-c1ccccc1-3)c1ccccc21. The van der Waals surface area contributed by atoms with Gasteiger partial charge in [-0.3, -0.25) is 0 Å². The summed E-state index contributed by atoms with van der Waals surface area (Å²) in [6.45, 7) is 0. The van der Waals surface area contributed by atoms with Gasteiger partial charge >= 0.3 is 0 Å². The number of aromatic amines is 2. The third-order valence-corrected chi connectivity index (χ3v) is 7.46. The van der Waals surface area contributed by atoms with Crippen LogP contribution in [-0.2, 0) is 17.1 Å². The maximum Gasteiger partial charge on any atom is 0.164 e. The molecule has 0 saturated carbocycles. The first-order chi connectivity index (χ1) is 19.8. The summed E-state index contributed by atoms with van der Waals surface area (Å²) in [6, 6.07) is 32.2. The van der Waals surface area contributed by atoms with Crippen molar-refractivity contribution in [3.8, 4) is 45.6 Å². The van der Waals surface area contributed by atoms with Crippen LogP contribution in [0.3, 0.4) is 0 Å². The molecule has 0 aliphatic carbocycles. The molecule has 0 spiro atoms. The largest absolute Gasteiger partial charge is 0.324 e. The normalized spacial score (nSPS) is 11.7. The monoisotopic (exact) mass is 570 g/mol. The average Bonchev–Trinajstić information content (AvgIpc) is 3.73. The molecule has 41 heavy (non-hydrogen) atoms.